The van der Waals surface area contributed by atoms with Gasteiger partial charge in [-0.25, -0.2) is 0 Å². The van der Waals surface area contributed by atoms with Gasteiger partial charge in [-0.05, 0) is 55.7 Å². The van der Waals surface area contributed by atoms with E-state index in [0.29, 0.717) is 9.74 Å². The van der Waals surface area contributed by atoms with Crippen molar-refractivity contribution in [1.29, 1.82) is 0 Å². The lowest BCUT2D eigenvalue weighted by Crippen LogP contribution is -2.43. The first-order chi connectivity index (χ1) is 14.3. The Labute approximate surface area is 184 Å². The third-order valence-electron chi connectivity index (χ3n) is 6.49. The van der Waals surface area contributed by atoms with Crippen molar-refractivity contribution in [1.82, 2.24) is 0 Å². The van der Waals surface area contributed by atoms with Gasteiger partial charge in [0, 0.05) is 17.9 Å². The van der Waals surface area contributed by atoms with E-state index in [4.69, 9.17) is 0 Å². The number of rotatable bonds is 4. The van der Waals surface area contributed by atoms with Crippen molar-refractivity contribution in [3.63, 3.8) is 0 Å². The Morgan fingerprint density at radius 2 is 1.10 bits per heavy atom. The molecule has 0 bridgehead atoms. The van der Waals surface area contributed by atoms with Crippen LogP contribution in [0.25, 0.3) is 0 Å². The maximum Gasteiger partial charge on any atom is 0.115 e. The molecule has 0 amide bonds. The quantitative estimate of drug-likeness (QED) is 0.454. The second-order valence-electron chi connectivity index (χ2n) is 8.09. The fourth-order valence-corrected chi connectivity index (χ4v) is 14.3. The van der Waals surface area contributed by atoms with Gasteiger partial charge in [0.1, 0.15) is 23.2 Å². The predicted molar refractivity (Wildman–Crippen MR) is 135 cm³/mol. The van der Waals surface area contributed by atoms with Crippen LogP contribution < -0.4 is 15.9 Å². The lowest BCUT2D eigenvalue weighted by Gasteiger charge is -2.42. The summed E-state index contributed by atoms with van der Waals surface area (Å²) in [5.74, 6) is 2.65. The van der Waals surface area contributed by atoms with Crippen molar-refractivity contribution in [2.24, 2.45) is 0 Å². The first-order valence-corrected chi connectivity index (χ1v) is 14.5. The number of hydrogen-bond acceptors (Lipinski definition) is 2. The van der Waals surface area contributed by atoms with Crippen LogP contribution in [0.15, 0.2) is 91.0 Å². The maximum atomic E-state index is 2.41. The minimum atomic E-state index is -1.73. The highest BCUT2D eigenvalue weighted by molar-refractivity contribution is 8.21. The Bertz CT molecular complexity index is 824. The molecule has 3 aromatic carbocycles. The molecule has 0 nitrogen and oxygen atoms in total. The molecule has 2 fully saturated rings. The smallest absolute Gasteiger partial charge is 0.115 e. The molecular weight excluding hydrogens is 407 g/mol. The monoisotopic (exact) mass is 435 g/mol. The number of thioether (sulfide) groups is 2. The van der Waals surface area contributed by atoms with E-state index in [1.54, 1.807) is 15.9 Å². The van der Waals surface area contributed by atoms with Gasteiger partial charge in [0.2, 0.25) is 0 Å². The summed E-state index contributed by atoms with van der Waals surface area (Å²) in [4.78, 5) is 0. The van der Waals surface area contributed by atoms with E-state index in [1.165, 1.54) is 37.2 Å². The minimum Gasteiger partial charge on any atom is -0.143 e. The first-order valence-electron chi connectivity index (χ1n) is 10.7. The molecule has 1 unspecified atom stereocenters. The molecule has 148 valence electrons. The normalized spacial score (nSPS) is 21.3. The van der Waals surface area contributed by atoms with E-state index in [2.05, 4.69) is 115 Å². The predicted octanol–water partition coefficient (Wildman–Crippen LogP) is 6.10. The molecule has 3 heteroatoms. The SMILES string of the molecule is c1ccc([P+](c2ccccc2)(c2ccccc2)C2CCCC3(C2)SCCS3)cc1. The zero-order valence-corrected chi connectivity index (χ0v) is 19.3. The maximum absolute atomic E-state index is 2.41. The van der Waals surface area contributed by atoms with Crippen LogP contribution in [0.2, 0.25) is 0 Å². The van der Waals surface area contributed by atoms with Crippen molar-refractivity contribution in [2.45, 2.75) is 35.4 Å². The van der Waals surface area contributed by atoms with E-state index in [-0.39, 0.29) is 0 Å². The van der Waals surface area contributed by atoms with Crippen molar-refractivity contribution in [2.75, 3.05) is 11.5 Å². The van der Waals surface area contributed by atoms with Gasteiger partial charge in [0.15, 0.2) is 0 Å². The molecule has 1 heterocycles. The van der Waals surface area contributed by atoms with Gasteiger partial charge in [0.25, 0.3) is 0 Å². The molecule has 1 aliphatic heterocycles. The average Bonchev–Trinajstić information content (AvgIpc) is 3.24. The van der Waals surface area contributed by atoms with Crippen LogP contribution in [0.3, 0.4) is 0 Å². The molecule has 1 saturated carbocycles. The van der Waals surface area contributed by atoms with E-state index in [9.17, 15) is 0 Å². The van der Waals surface area contributed by atoms with Crippen LogP contribution in [0.5, 0.6) is 0 Å². The Morgan fingerprint density at radius 1 is 0.655 bits per heavy atom. The van der Waals surface area contributed by atoms with Gasteiger partial charge in [-0.2, -0.15) is 0 Å². The Hall–Kier alpha value is -1.21. The van der Waals surface area contributed by atoms with Crippen molar-refractivity contribution < 1.29 is 0 Å². The zero-order chi connectivity index (χ0) is 19.6. The lowest BCUT2D eigenvalue weighted by molar-refractivity contribution is 0.500. The van der Waals surface area contributed by atoms with Crippen LogP contribution in [0.4, 0.5) is 0 Å². The molecule has 2 aliphatic rings. The summed E-state index contributed by atoms with van der Waals surface area (Å²) in [6.07, 6.45) is 5.43. The zero-order valence-electron chi connectivity index (χ0n) is 16.7. The molecule has 3 aromatic rings. The van der Waals surface area contributed by atoms with Gasteiger partial charge in [0.05, 0.1) is 9.74 Å². The summed E-state index contributed by atoms with van der Waals surface area (Å²) < 4.78 is 0.451. The molecule has 0 N–H and O–H groups in total. The molecule has 1 atom stereocenters. The molecule has 1 saturated heterocycles. The van der Waals surface area contributed by atoms with Crippen LogP contribution in [0, 0.1) is 0 Å². The molecule has 5 rings (SSSR count). The number of benzene rings is 3. The summed E-state index contributed by atoms with van der Waals surface area (Å²) in [5.41, 5.74) is 0.710. The highest BCUT2D eigenvalue weighted by Crippen LogP contribution is 2.67. The van der Waals surface area contributed by atoms with Crippen LogP contribution in [-0.4, -0.2) is 21.2 Å². The number of hydrogen-bond donors (Lipinski definition) is 0. The molecule has 0 radical (unpaired) electrons. The average molecular weight is 436 g/mol. The Kier molecular flexibility index (Phi) is 5.78. The summed E-state index contributed by atoms with van der Waals surface area (Å²) in [6.45, 7) is 0. The van der Waals surface area contributed by atoms with Gasteiger partial charge in [-0.1, -0.05) is 54.6 Å². The fraction of sp³-hybridized carbons (Fsp3) is 0.308. The summed E-state index contributed by atoms with van der Waals surface area (Å²) in [7, 11) is -1.73. The molecule has 1 spiro atoms. The molecule has 1 aliphatic carbocycles. The molecular formula is C26H28PS2+. The topological polar surface area (TPSA) is 0 Å². The summed E-state index contributed by atoms with van der Waals surface area (Å²) in [6, 6.07) is 34.4. The third-order valence-corrected chi connectivity index (χ3v) is 14.9. The van der Waals surface area contributed by atoms with Crippen molar-refractivity contribution in [3.05, 3.63) is 91.0 Å². The first kappa shape index (κ1) is 19.7. The lowest BCUT2D eigenvalue weighted by atomic mass is 9.99. The van der Waals surface area contributed by atoms with Gasteiger partial charge < -0.3 is 0 Å². The standard InChI is InChI=1S/C26H28PS2/c1-4-11-22(12-5-1)27(23-13-6-2-7-14-23,24-15-8-3-9-16-24)25-17-10-18-26(21-25)28-19-20-29-26/h1-9,11-16,25H,10,17-21H2/q+1. The molecule has 29 heavy (non-hydrogen) atoms. The fourth-order valence-electron chi connectivity index (χ4n) is 5.33. The third kappa shape index (κ3) is 3.58. The highest BCUT2D eigenvalue weighted by atomic mass is 32.2. The summed E-state index contributed by atoms with van der Waals surface area (Å²) in [5, 5.41) is 4.65. The second kappa shape index (κ2) is 8.50. The van der Waals surface area contributed by atoms with Crippen molar-refractivity contribution >= 4 is 46.7 Å². The van der Waals surface area contributed by atoms with Crippen molar-refractivity contribution in [3.8, 4) is 0 Å². The van der Waals surface area contributed by atoms with E-state index in [1.807, 2.05) is 0 Å². The Morgan fingerprint density at radius 3 is 1.55 bits per heavy atom. The largest absolute Gasteiger partial charge is 0.143 e. The summed E-state index contributed by atoms with van der Waals surface area (Å²) >= 11 is 4.50. The highest BCUT2D eigenvalue weighted by Gasteiger charge is 2.56. The van der Waals surface area contributed by atoms with E-state index in [0.717, 1.165) is 0 Å². The van der Waals surface area contributed by atoms with Gasteiger partial charge in [-0.3, -0.25) is 0 Å². The van der Waals surface area contributed by atoms with Gasteiger partial charge in [-0.15, -0.1) is 23.5 Å². The minimum absolute atomic E-state index is 0.451. The van der Waals surface area contributed by atoms with Gasteiger partial charge >= 0.3 is 0 Å². The van der Waals surface area contributed by atoms with E-state index >= 15 is 0 Å². The van der Waals surface area contributed by atoms with Crippen LogP contribution in [-0.2, 0) is 0 Å². The molecule has 0 aromatic heterocycles. The Balaban J connectivity index is 1.74. The van der Waals surface area contributed by atoms with E-state index < -0.39 is 7.26 Å². The van der Waals surface area contributed by atoms with Crippen LogP contribution >= 0.6 is 30.8 Å². The van der Waals surface area contributed by atoms with Crippen LogP contribution in [0.1, 0.15) is 25.7 Å². The second-order valence-corrected chi connectivity index (χ2v) is 15.0.